The van der Waals surface area contributed by atoms with Gasteiger partial charge in [-0.05, 0) is 50.7 Å². The largest absolute Gasteiger partial charge is 0.507 e. The zero-order chi connectivity index (χ0) is 24.1. The number of rotatable bonds is 5. The fraction of sp³-hybridized carbons (Fsp3) is 0.500. The van der Waals surface area contributed by atoms with E-state index < -0.39 is 0 Å². The van der Waals surface area contributed by atoms with E-state index in [1.807, 2.05) is 12.3 Å². The molecule has 1 unspecified atom stereocenters. The van der Waals surface area contributed by atoms with E-state index in [1.165, 1.54) is 32.1 Å². The van der Waals surface area contributed by atoms with Crippen LogP contribution in [0.3, 0.4) is 0 Å². The van der Waals surface area contributed by atoms with Crippen LogP contribution in [0.1, 0.15) is 44.9 Å². The molecular weight excluding hydrogens is 458 g/mol. The average Bonchev–Trinajstić information content (AvgIpc) is 3.74. The van der Waals surface area contributed by atoms with Crippen molar-refractivity contribution >= 4 is 5.82 Å². The van der Waals surface area contributed by atoms with Gasteiger partial charge in [-0.25, -0.2) is 15.0 Å². The Kier molecular flexibility index (Phi) is 5.34. The molecule has 36 heavy (non-hydrogen) atoms. The molecule has 10 nitrogen and oxygen atoms in total. The molecule has 0 radical (unpaired) electrons. The topological polar surface area (TPSA) is 118 Å². The van der Waals surface area contributed by atoms with Crippen molar-refractivity contribution in [2.45, 2.75) is 69.1 Å². The number of aromatic nitrogens is 5. The molecule has 3 atom stereocenters. The average molecular weight is 488 g/mol. The van der Waals surface area contributed by atoms with Gasteiger partial charge in [-0.3, -0.25) is 0 Å². The second kappa shape index (κ2) is 8.85. The van der Waals surface area contributed by atoms with Crippen LogP contribution in [0.15, 0.2) is 30.6 Å². The molecule has 2 N–H and O–H groups in total. The number of nitrogens with zero attached hydrogens (tertiary/aromatic N) is 6. The highest BCUT2D eigenvalue weighted by atomic mass is 16.6. The number of aromatic hydroxyl groups is 1. The zero-order valence-electron chi connectivity index (χ0n) is 20.0. The van der Waals surface area contributed by atoms with E-state index in [1.54, 1.807) is 18.3 Å². The van der Waals surface area contributed by atoms with Gasteiger partial charge in [0.15, 0.2) is 11.6 Å². The van der Waals surface area contributed by atoms with Crippen LogP contribution in [-0.4, -0.2) is 67.6 Å². The molecule has 10 heteroatoms. The number of ether oxygens (including phenoxy) is 2. The molecule has 2 aromatic heterocycles. The minimum Gasteiger partial charge on any atom is -0.507 e. The SMILES string of the molecule is Oc1cc(-c2cnc3c(n2)OCCO3)ccc1-c1ncc(N(C2CC2)C2C[C@H]3CCC[C@@H](C2)N3)nn1. The third kappa shape index (κ3) is 4.09. The van der Waals surface area contributed by atoms with Gasteiger partial charge >= 0.3 is 0 Å². The van der Waals surface area contributed by atoms with Crippen LogP contribution in [0.25, 0.3) is 22.6 Å². The maximum Gasteiger partial charge on any atom is 0.278 e. The van der Waals surface area contributed by atoms with Gasteiger partial charge in [-0.1, -0.05) is 12.5 Å². The van der Waals surface area contributed by atoms with E-state index in [4.69, 9.17) is 9.47 Å². The zero-order valence-corrected chi connectivity index (χ0v) is 20.0. The van der Waals surface area contributed by atoms with E-state index in [0.29, 0.717) is 71.8 Å². The van der Waals surface area contributed by atoms with Crippen molar-refractivity contribution < 1.29 is 14.6 Å². The Hall–Kier alpha value is -3.53. The number of fused-ring (bicyclic) bond motifs is 3. The lowest BCUT2D eigenvalue weighted by Crippen LogP contribution is -2.55. The summed E-state index contributed by atoms with van der Waals surface area (Å²) in [6.45, 7) is 0.896. The third-order valence-corrected chi connectivity index (χ3v) is 7.64. The molecule has 2 bridgehead atoms. The minimum absolute atomic E-state index is 0.0592. The Morgan fingerprint density at radius 1 is 0.889 bits per heavy atom. The van der Waals surface area contributed by atoms with Gasteiger partial charge < -0.3 is 24.8 Å². The van der Waals surface area contributed by atoms with E-state index >= 15 is 0 Å². The normalized spacial score (nSPS) is 24.8. The van der Waals surface area contributed by atoms with E-state index in [-0.39, 0.29) is 5.75 Å². The number of benzene rings is 1. The summed E-state index contributed by atoms with van der Waals surface area (Å²) in [5, 5.41) is 23.6. The Morgan fingerprint density at radius 3 is 2.42 bits per heavy atom. The lowest BCUT2D eigenvalue weighted by Gasteiger charge is -2.45. The van der Waals surface area contributed by atoms with Crippen LogP contribution in [0.4, 0.5) is 5.82 Å². The Balaban J connectivity index is 1.12. The van der Waals surface area contributed by atoms with Gasteiger partial charge in [0.25, 0.3) is 11.8 Å². The smallest absolute Gasteiger partial charge is 0.278 e. The fourth-order valence-electron chi connectivity index (χ4n) is 5.85. The summed E-state index contributed by atoms with van der Waals surface area (Å²) in [6.07, 6.45) is 12.0. The number of phenolic OH excluding ortho intramolecular Hbond substituents is 1. The molecule has 1 saturated carbocycles. The molecule has 186 valence electrons. The first-order valence-corrected chi connectivity index (χ1v) is 12.9. The van der Waals surface area contributed by atoms with Crippen LogP contribution in [0, 0.1) is 0 Å². The molecule has 7 rings (SSSR count). The van der Waals surface area contributed by atoms with Crippen molar-refractivity contribution in [1.29, 1.82) is 0 Å². The molecule has 3 aliphatic heterocycles. The monoisotopic (exact) mass is 487 g/mol. The maximum absolute atomic E-state index is 10.8. The van der Waals surface area contributed by atoms with Crippen molar-refractivity contribution in [3.8, 4) is 40.2 Å². The number of anilines is 1. The predicted octanol–water partition coefficient (Wildman–Crippen LogP) is 3.11. The van der Waals surface area contributed by atoms with Crippen molar-refractivity contribution in [1.82, 2.24) is 30.5 Å². The lowest BCUT2D eigenvalue weighted by molar-refractivity contribution is 0.157. The summed E-state index contributed by atoms with van der Waals surface area (Å²) in [5.74, 6) is 2.05. The van der Waals surface area contributed by atoms with Gasteiger partial charge in [-0.2, -0.15) is 0 Å². The van der Waals surface area contributed by atoms with Crippen molar-refractivity contribution in [3.05, 3.63) is 30.6 Å². The first kappa shape index (κ1) is 21.7. The summed E-state index contributed by atoms with van der Waals surface area (Å²) >= 11 is 0. The first-order chi connectivity index (χ1) is 17.7. The number of hydrogen-bond donors (Lipinski definition) is 2. The highest BCUT2D eigenvalue weighted by molar-refractivity contribution is 5.71. The van der Waals surface area contributed by atoms with E-state index in [2.05, 4.69) is 35.4 Å². The summed E-state index contributed by atoms with van der Waals surface area (Å²) < 4.78 is 11.0. The van der Waals surface area contributed by atoms with E-state index in [0.717, 1.165) is 18.7 Å². The van der Waals surface area contributed by atoms with Crippen molar-refractivity contribution in [2.24, 2.45) is 0 Å². The highest BCUT2D eigenvalue weighted by Gasteiger charge is 2.40. The summed E-state index contributed by atoms with van der Waals surface area (Å²) in [6, 6.07) is 7.52. The molecule has 3 aromatic rings. The molecule has 0 spiro atoms. The quantitative estimate of drug-likeness (QED) is 0.556. The predicted molar refractivity (Wildman–Crippen MR) is 132 cm³/mol. The number of piperidine rings is 2. The standard InChI is InChI=1S/C26H29N7O3/c34-22-10-15(21-13-28-25-26(30-21)36-9-8-35-25)4-7-20(22)24-27-14-23(31-32-24)33(18-5-6-18)19-11-16-2-1-3-17(12-19)29-16/h4,7,10,13-14,16-19,29,34H,1-3,5-6,8-9,11-12H2/t16-,17+,19?. The molecule has 1 aromatic carbocycles. The molecule has 3 fully saturated rings. The van der Waals surface area contributed by atoms with Gasteiger partial charge in [0.1, 0.15) is 19.0 Å². The minimum atomic E-state index is 0.0592. The van der Waals surface area contributed by atoms with Gasteiger partial charge in [-0.15, -0.1) is 10.2 Å². The Bertz CT molecular complexity index is 1250. The first-order valence-electron chi connectivity index (χ1n) is 12.9. The van der Waals surface area contributed by atoms with Crippen LogP contribution in [-0.2, 0) is 0 Å². The molecule has 4 aliphatic rings. The van der Waals surface area contributed by atoms with Crippen LogP contribution in [0.5, 0.6) is 17.5 Å². The molecule has 0 amide bonds. The second-order valence-corrected chi connectivity index (χ2v) is 10.2. The number of phenols is 1. The van der Waals surface area contributed by atoms with Crippen LogP contribution < -0.4 is 19.7 Å². The lowest BCUT2D eigenvalue weighted by atomic mass is 9.83. The van der Waals surface area contributed by atoms with Crippen molar-refractivity contribution in [3.63, 3.8) is 0 Å². The number of nitrogens with one attached hydrogen (secondary N) is 1. The summed E-state index contributed by atoms with van der Waals surface area (Å²) in [5.41, 5.74) is 1.82. The maximum atomic E-state index is 10.8. The summed E-state index contributed by atoms with van der Waals surface area (Å²) in [7, 11) is 0. The Morgan fingerprint density at radius 2 is 1.69 bits per heavy atom. The fourth-order valence-corrected chi connectivity index (χ4v) is 5.85. The molecular formula is C26H29N7O3. The Labute approximate surface area is 209 Å². The number of hydrogen-bond acceptors (Lipinski definition) is 10. The molecule has 2 saturated heterocycles. The van der Waals surface area contributed by atoms with Gasteiger partial charge in [0, 0.05) is 29.7 Å². The summed E-state index contributed by atoms with van der Waals surface area (Å²) in [4.78, 5) is 15.8. The van der Waals surface area contributed by atoms with Crippen LogP contribution >= 0.6 is 0 Å². The second-order valence-electron chi connectivity index (χ2n) is 10.2. The van der Waals surface area contributed by atoms with Crippen LogP contribution in [0.2, 0.25) is 0 Å². The van der Waals surface area contributed by atoms with Crippen molar-refractivity contribution in [2.75, 3.05) is 18.1 Å². The van der Waals surface area contributed by atoms with Gasteiger partial charge in [0.05, 0.1) is 23.7 Å². The molecule has 5 heterocycles. The van der Waals surface area contributed by atoms with E-state index in [9.17, 15) is 5.11 Å². The highest BCUT2D eigenvalue weighted by Crippen LogP contribution is 2.38. The third-order valence-electron chi connectivity index (χ3n) is 7.64. The molecule has 1 aliphatic carbocycles. The van der Waals surface area contributed by atoms with Gasteiger partial charge in [0.2, 0.25) is 0 Å².